The number of aryl methyl sites for hydroxylation is 2. The third-order valence-electron chi connectivity index (χ3n) is 2.56. The fraction of sp³-hybridized carbons (Fsp3) is 0.364. The van der Waals surface area contributed by atoms with Crippen molar-refractivity contribution >= 4 is 16.3 Å². The molecule has 1 heterocycles. The number of nitrogens with two attached hydrogens (primary N) is 1. The van der Waals surface area contributed by atoms with Crippen molar-refractivity contribution in [2.75, 3.05) is 6.61 Å². The van der Waals surface area contributed by atoms with Gasteiger partial charge in [0.05, 0.1) is 6.61 Å². The van der Waals surface area contributed by atoms with Crippen LogP contribution in [0.3, 0.4) is 0 Å². The van der Waals surface area contributed by atoms with Gasteiger partial charge < -0.3 is 8.92 Å². The highest BCUT2D eigenvalue weighted by molar-refractivity contribution is 7.84. The maximum atomic E-state index is 11.7. The Kier molecular flexibility index (Phi) is 3.27. The molecule has 1 aliphatic rings. The predicted octanol–water partition coefficient (Wildman–Crippen LogP) is 0.680. The molecule has 1 aliphatic heterocycles. The van der Waals surface area contributed by atoms with Crippen LogP contribution in [0.15, 0.2) is 12.1 Å². The fourth-order valence-corrected chi connectivity index (χ4v) is 2.24. The lowest BCUT2D eigenvalue weighted by Crippen LogP contribution is -2.22. The molecule has 2 N–H and O–H groups in total. The molecule has 1 aromatic carbocycles. The summed E-state index contributed by atoms with van der Waals surface area (Å²) < 4.78 is 31.1. The summed E-state index contributed by atoms with van der Waals surface area (Å²) in [5.74, 6) is -0.625. The quantitative estimate of drug-likeness (QED) is 0.853. The Morgan fingerprint density at radius 2 is 2.17 bits per heavy atom. The Bertz CT molecular complexity index is 594. The minimum absolute atomic E-state index is 0.0960. The monoisotopic (exact) mass is 271 g/mol. The summed E-state index contributed by atoms with van der Waals surface area (Å²) in [6.45, 7) is 2.30. The fourth-order valence-electron chi connectivity index (χ4n) is 1.94. The number of carbonyl (C=O) groups is 1. The molecule has 0 aliphatic carbocycles. The zero-order valence-electron chi connectivity index (χ0n) is 9.80. The van der Waals surface area contributed by atoms with Gasteiger partial charge >= 0.3 is 16.3 Å². The van der Waals surface area contributed by atoms with Gasteiger partial charge in [0.2, 0.25) is 0 Å². The number of fused-ring (bicyclic) bond motifs is 1. The molecule has 1 aromatic rings. The van der Waals surface area contributed by atoms with Crippen LogP contribution < -0.4 is 9.88 Å². The van der Waals surface area contributed by atoms with Crippen molar-refractivity contribution in [1.82, 2.24) is 0 Å². The second-order valence-corrected chi connectivity index (χ2v) is 5.27. The van der Waals surface area contributed by atoms with E-state index in [4.69, 9.17) is 4.74 Å². The number of rotatable bonds is 2. The van der Waals surface area contributed by atoms with Crippen molar-refractivity contribution in [2.24, 2.45) is 5.14 Å². The summed E-state index contributed by atoms with van der Waals surface area (Å²) >= 11 is 0. The molecular formula is C11H13NO5S. The highest BCUT2D eigenvalue weighted by Gasteiger charge is 2.23. The van der Waals surface area contributed by atoms with E-state index in [-0.39, 0.29) is 5.56 Å². The highest BCUT2D eigenvalue weighted by Crippen LogP contribution is 2.31. The van der Waals surface area contributed by atoms with Gasteiger partial charge in [0.1, 0.15) is 11.3 Å². The molecule has 7 heteroatoms. The van der Waals surface area contributed by atoms with Crippen LogP contribution in [0.25, 0.3) is 0 Å². The van der Waals surface area contributed by atoms with Crippen molar-refractivity contribution in [1.29, 1.82) is 0 Å². The molecule has 0 amide bonds. The van der Waals surface area contributed by atoms with Crippen LogP contribution in [-0.2, 0) is 20.9 Å². The average Bonchev–Trinajstić information content (AvgIpc) is 2.25. The first-order chi connectivity index (χ1) is 8.37. The second kappa shape index (κ2) is 4.58. The standard InChI is InChI=1S/C11H13NO5S/c1-7-5-8-3-2-4-16-10(8)9(6-7)11(13)17-18(12,14)15/h5-6H,2-4H2,1H3,(H2,12,14,15). The summed E-state index contributed by atoms with van der Waals surface area (Å²) in [6, 6.07) is 3.43. The van der Waals surface area contributed by atoms with E-state index in [0.29, 0.717) is 12.4 Å². The zero-order chi connectivity index (χ0) is 13.3. The van der Waals surface area contributed by atoms with Gasteiger partial charge in [-0.05, 0) is 37.0 Å². The smallest absolute Gasteiger partial charge is 0.382 e. The summed E-state index contributed by atoms with van der Waals surface area (Å²) in [4.78, 5) is 11.7. The van der Waals surface area contributed by atoms with E-state index in [1.165, 1.54) is 6.07 Å². The maximum Gasteiger partial charge on any atom is 0.382 e. The number of hydrogen-bond donors (Lipinski definition) is 1. The van der Waals surface area contributed by atoms with Gasteiger partial charge in [-0.15, -0.1) is 0 Å². The van der Waals surface area contributed by atoms with Crippen LogP contribution in [0, 0.1) is 6.92 Å². The van der Waals surface area contributed by atoms with E-state index in [0.717, 1.165) is 24.0 Å². The van der Waals surface area contributed by atoms with Crippen molar-refractivity contribution in [3.05, 3.63) is 28.8 Å². The van der Waals surface area contributed by atoms with E-state index in [1.807, 2.05) is 13.0 Å². The topological polar surface area (TPSA) is 95.7 Å². The minimum Gasteiger partial charge on any atom is -0.492 e. The summed E-state index contributed by atoms with van der Waals surface area (Å²) in [7, 11) is -4.32. The van der Waals surface area contributed by atoms with E-state index >= 15 is 0 Å². The SMILES string of the molecule is Cc1cc2c(c(C(=O)OS(N)(=O)=O)c1)OCCC2. The van der Waals surface area contributed by atoms with Crippen LogP contribution in [0.1, 0.15) is 27.9 Å². The first kappa shape index (κ1) is 12.8. The molecule has 0 atom stereocenters. The average molecular weight is 271 g/mol. The molecule has 0 bridgehead atoms. The number of hydrogen-bond acceptors (Lipinski definition) is 5. The Balaban J connectivity index is 2.44. The van der Waals surface area contributed by atoms with E-state index < -0.39 is 16.3 Å². The lowest BCUT2D eigenvalue weighted by molar-refractivity contribution is 0.0741. The Morgan fingerprint density at radius 3 is 2.83 bits per heavy atom. The molecule has 6 nitrogen and oxygen atoms in total. The normalized spacial score (nSPS) is 14.6. The van der Waals surface area contributed by atoms with Crippen LogP contribution in [0.2, 0.25) is 0 Å². The molecule has 0 saturated heterocycles. The van der Waals surface area contributed by atoms with Crippen LogP contribution >= 0.6 is 0 Å². The van der Waals surface area contributed by atoms with Gasteiger partial charge in [0.25, 0.3) is 0 Å². The molecule has 98 valence electrons. The van der Waals surface area contributed by atoms with Crippen molar-refractivity contribution < 1.29 is 22.1 Å². The van der Waals surface area contributed by atoms with Crippen LogP contribution in [-0.4, -0.2) is 21.0 Å². The van der Waals surface area contributed by atoms with E-state index in [2.05, 4.69) is 9.32 Å². The molecule has 2 rings (SSSR count). The molecule has 0 spiro atoms. The number of carbonyl (C=O) groups excluding carboxylic acids is 1. The minimum atomic E-state index is -4.32. The van der Waals surface area contributed by atoms with E-state index in [1.54, 1.807) is 0 Å². The maximum absolute atomic E-state index is 11.7. The van der Waals surface area contributed by atoms with Gasteiger partial charge in [0, 0.05) is 0 Å². The van der Waals surface area contributed by atoms with Crippen LogP contribution in [0.4, 0.5) is 0 Å². The van der Waals surface area contributed by atoms with Crippen molar-refractivity contribution in [3.8, 4) is 5.75 Å². The summed E-state index contributed by atoms with van der Waals surface area (Å²) in [5, 5.41) is 4.68. The molecular weight excluding hydrogens is 258 g/mol. The second-order valence-electron chi connectivity index (χ2n) is 4.12. The van der Waals surface area contributed by atoms with E-state index in [9.17, 15) is 13.2 Å². The predicted molar refractivity (Wildman–Crippen MR) is 63.5 cm³/mol. The van der Waals surface area contributed by atoms with Crippen LogP contribution in [0.5, 0.6) is 5.75 Å². The van der Waals surface area contributed by atoms with Crippen molar-refractivity contribution in [3.63, 3.8) is 0 Å². The molecule has 0 unspecified atom stereocenters. The van der Waals surface area contributed by atoms with Crippen molar-refractivity contribution in [2.45, 2.75) is 19.8 Å². The number of ether oxygens (including phenoxy) is 1. The first-order valence-corrected chi connectivity index (χ1v) is 6.87. The Hall–Kier alpha value is -1.60. The largest absolute Gasteiger partial charge is 0.492 e. The summed E-state index contributed by atoms with van der Waals surface area (Å²) in [6.07, 6.45) is 1.65. The third-order valence-corrected chi connectivity index (χ3v) is 2.94. The molecule has 0 radical (unpaired) electrons. The van der Waals surface area contributed by atoms with Gasteiger partial charge in [-0.2, -0.15) is 13.6 Å². The molecule has 18 heavy (non-hydrogen) atoms. The van der Waals surface area contributed by atoms with Gasteiger partial charge in [-0.25, -0.2) is 4.79 Å². The van der Waals surface area contributed by atoms with Gasteiger partial charge in [0.15, 0.2) is 0 Å². The number of benzene rings is 1. The molecule has 0 saturated carbocycles. The first-order valence-electron chi connectivity index (χ1n) is 5.40. The Morgan fingerprint density at radius 1 is 1.44 bits per heavy atom. The lowest BCUT2D eigenvalue weighted by Gasteiger charge is -2.20. The highest BCUT2D eigenvalue weighted by atomic mass is 32.2. The molecule has 0 fully saturated rings. The molecule has 0 aromatic heterocycles. The zero-order valence-corrected chi connectivity index (χ0v) is 10.6. The van der Waals surface area contributed by atoms with Gasteiger partial charge in [-0.3, -0.25) is 0 Å². The van der Waals surface area contributed by atoms with Gasteiger partial charge in [-0.1, -0.05) is 6.07 Å². The lowest BCUT2D eigenvalue weighted by atomic mass is 9.99. The summed E-state index contributed by atoms with van der Waals surface area (Å²) in [5.41, 5.74) is 1.81. The Labute approximate surface area is 105 Å². The third kappa shape index (κ3) is 2.80.